The zero-order valence-electron chi connectivity index (χ0n) is 39.7. The number of carbonyl (C=O) groups excluding carboxylic acids is 3. The molecule has 0 bridgehead atoms. The molecule has 0 saturated heterocycles. The van der Waals surface area contributed by atoms with Crippen LogP contribution in [0.3, 0.4) is 0 Å². The Kier molecular flexibility index (Phi) is 43.7. The van der Waals surface area contributed by atoms with Gasteiger partial charge in [0.2, 0.25) is 0 Å². The van der Waals surface area contributed by atoms with E-state index in [-0.39, 0.29) is 31.1 Å². The van der Waals surface area contributed by atoms with Gasteiger partial charge in [-0.15, -0.1) is 0 Å². The van der Waals surface area contributed by atoms with Crippen molar-refractivity contribution in [2.24, 2.45) is 11.8 Å². The van der Waals surface area contributed by atoms with E-state index in [0.717, 1.165) is 69.6 Å². The van der Waals surface area contributed by atoms with E-state index in [1.54, 1.807) is 0 Å². The molecule has 0 amide bonds. The van der Waals surface area contributed by atoms with Crippen LogP contribution in [0.4, 0.5) is 0 Å². The van der Waals surface area contributed by atoms with E-state index in [2.05, 4.69) is 34.6 Å². The zero-order valence-corrected chi connectivity index (χ0v) is 39.7. The third-order valence-corrected chi connectivity index (χ3v) is 11.7. The Labute approximate surface area is 361 Å². The lowest BCUT2D eigenvalue weighted by molar-refractivity contribution is -0.167. The molecular formula is C52H100O6. The quantitative estimate of drug-likeness (QED) is 0.0346. The number of esters is 3. The molecule has 1 atom stereocenters. The lowest BCUT2D eigenvalue weighted by Gasteiger charge is -2.18. The predicted octanol–water partition coefficient (Wildman–Crippen LogP) is 16.5. The van der Waals surface area contributed by atoms with Crippen molar-refractivity contribution < 1.29 is 28.6 Å². The van der Waals surface area contributed by atoms with E-state index in [0.29, 0.717) is 19.3 Å². The fraction of sp³-hybridized carbons (Fsp3) is 0.942. The first-order valence-electron chi connectivity index (χ1n) is 25.7. The van der Waals surface area contributed by atoms with Crippen molar-refractivity contribution in [2.45, 2.75) is 291 Å². The molecule has 0 aromatic rings. The molecule has 0 aliphatic rings. The van der Waals surface area contributed by atoms with Gasteiger partial charge in [-0.2, -0.15) is 0 Å². The Morgan fingerprint density at radius 1 is 0.328 bits per heavy atom. The van der Waals surface area contributed by atoms with Gasteiger partial charge in [0.1, 0.15) is 13.2 Å². The summed E-state index contributed by atoms with van der Waals surface area (Å²) in [5, 5.41) is 0. The number of rotatable bonds is 46. The highest BCUT2D eigenvalue weighted by molar-refractivity contribution is 5.71. The average Bonchev–Trinajstić information content (AvgIpc) is 3.19. The highest BCUT2D eigenvalue weighted by atomic mass is 16.6. The summed E-state index contributed by atoms with van der Waals surface area (Å²) in [5.41, 5.74) is 0. The van der Waals surface area contributed by atoms with Gasteiger partial charge >= 0.3 is 17.9 Å². The molecule has 0 fully saturated rings. The van der Waals surface area contributed by atoms with Gasteiger partial charge in [0.15, 0.2) is 6.10 Å². The minimum atomic E-state index is -0.761. The molecule has 0 aromatic carbocycles. The second-order valence-electron chi connectivity index (χ2n) is 18.8. The molecule has 0 radical (unpaired) electrons. The summed E-state index contributed by atoms with van der Waals surface area (Å²) in [7, 11) is 0. The van der Waals surface area contributed by atoms with Crippen LogP contribution in [0.15, 0.2) is 0 Å². The summed E-state index contributed by atoms with van der Waals surface area (Å²) >= 11 is 0. The molecule has 6 heteroatoms. The van der Waals surface area contributed by atoms with Crippen molar-refractivity contribution in [3.63, 3.8) is 0 Å². The van der Waals surface area contributed by atoms with Gasteiger partial charge in [0.25, 0.3) is 0 Å². The Balaban J connectivity index is 4.26. The van der Waals surface area contributed by atoms with Crippen LogP contribution in [0.25, 0.3) is 0 Å². The van der Waals surface area contributed by atoms with Gasteiger partial charge in [0, 0.05) is 19.3 Å². The van der Waals surface area contributed by atoms with E-state index < -0.39 is 6.10 Å². The van der Waals surface area contributed by atoms with Crippen LogP contribution in [0.2, 0.25) is 0 Å². The van der Waals surface area contributed by atoms with Crippen LogP contribution in [0.1, 0.15) is 285 Å². The molecule has 0 aromatic heterocycles. The summed E-state index contributed by atoms with van der Waals surface area (Å²) < 4.78 is 16.8. The number of hydrogen-bond donors (Lipinski definition) is 0. The highest BCUT2D eigenvalue weighted by Crippen LogP contribution is 2.17. The predicted molar refractivity (Wildman–Crippen MR) is 247 cm³/mol. The average molecular weight is 821 g/mol. The van der Waals surface area contributed by atoms with Crippen LogP contribution >= 0.6 is 0 Å². The number of ether oxygens (including phenoxy) is 3. The molecule has 0 N–H and O–H groups in total. The van der Waals surface area contributed by atoms with Crippen LogP contribution in [-0.4, -0.2) is 37.2 Å². The molecule has 0 saturated carbocycles. The fourth-order valence-electron chi connectivity index (χ4n) is 7.81. The van der Waals surface area contributed by atoms with Gasteiger partial charge in [-0.3, -0.25) is 14.4 Å². The number of hydrogen-bond acceptors (Lipinski definition) is 6. The van der Waals surface area contributed by atoms with Gasteiger partial charge in [-0.25, -0.2) is 0 Å². The van der Waals surface area contributed by atoms with Crippen molar-refractivity contribution in [2.75, 3.05) is 13.2 Å². The molecular weight excluding hydrogens is 721 g/mol. The third-order valence-electron chi connectivity index (χ3n) is 11.7. The maximum absolute atomic E-state index is 12.7. The van der Waals surface area contributed by atoms with E-state index in [9.17, 15) is 14.4 Å². The van der Waals surface area contributed by atoms with Gasteiger partial charge in [0.05, 0.1) is 0 Å². The molecule has 0 rings (SSSR count). The normalized spacial score (nSPS) is 12.1. The summed E-state index contributed by atoms with van der Waals surface area (Å²) in [5.74, 6) is 0.771. The molecule has 0 aliphatic heterocycles. The molecule has 0 unspecified atom stereocenters. The molecule has 0 heterocycles. The number of unbranched alkanes of at least 4 members (excludes halogenated alkanes) is 31. The largest absolute Gasteiger partial charge is 0.462 e. The third kappa shape index (κ3) is 45.5. The minimum absolute atomic E-state index is 0.0644. The Morgan fingerprint density at radius 3 is 0.845 bits per heavy atom. The van der Waals surface area contributed by atoms with Gasteiger partial charge < -0.3 is 14.2 Å². The van der Waals surface area contributed by atoms with Crippen molar-refractivity contribution >= 4 is 17.9 Å². The Hall–Kier alpha value is -1.59. The molecule has 344 valence electrons. The molecule has 0 aliphatic carbocycles. The topological polar surface area (TPSA) is 78.9 Å². The van der Waals surface area contributed by atoms with Crippen molar-refractivity contribution in [1.82, 2.24) is 0 Å². The van der Waals surface area contributed by atoms with Gasteiger partial charge in [-0.1, -0.05) is 247 Å². The molecule has 0 spiro atoms. The summed E-state index contributed by atoms with van der Waals surface area (Å²) in [4.78, 5) is 37.9. The second-order valence-corrected chi connectivity index (χ2v) is 18.8. The Morgan fingerprint density at radius 2 is 0.569 bits per heavy atom. The first-order chi connectivity index (χ1) is 28.2. The number of carbonyl (C=O) groups is 3. The van der Waals surface area contributed by atoms with Crippen molar-refractivity contribution in [1.29, 1.82) is 0 Å². The summed E-state index contributed by atoms with van der Waals surface area (Å²) in [6.07, 6.45) is 45.2. The fourth-order valence-corrected chi connectivity index (χ4v) is 7.81. The Bertz CT molecular complexity index is 885. The van der Waals surface area contributed by atoms with E-state index >= 15 is 0 Å². The van der Waals surface area contributed by atoms with Crippen LogP contribution in [-0.2, 0) is 28.6 Å². The van der Waals surface area contributed by atoms with Gasteiger partial charge in [-0.05, 0) is 31.1 Å². The first-order valence-corrected chi connectivity index (χ1v) is 25.7. The van der Waals surface area contributed by atoms with E-state index in [1.807, 2.05) is 0 Å². The SMILES string of the molecule is CCCCCCCCCCCCCCCC(=O)OC[C@@H](COC(=O)CCCCCCCCCCCCCCCCC(C)C)OC(=O)CCCCCCCCCC(C)C. The zero-order chi connectivity index (χ0) is 42.6. The second kappa shape index (κ2) is 44.9. The smallest absolute Gasteiger partial charge is 0.306 e. The van der Waals surface area contributed by atoms with Crippen LogP contribution in [0.5, 0.6) is 0 Å². The molecule has 6 nitrogen and oxygen atoms in total. The monoisotopic (exact) mass is 821 g/mol. The van der Waals surface area contributed by atoms with Crippen LogP contribution < -0.4 is 0 Å². The van der Waals surface area contributed by atoms with E-state index in [4.69, 9.17) is 14.2 Å². The standard InChI is InChI=1S/C52H100O6/c1-6-7-8-9-10-11-12-15-19-22-27-32-37-42-50(53)56-45-49(58-52(55)44-39-34-29-24-26-31-36-41-48(4)5)46-57-51(54)43-38-33-28-23-20-17-14-13-16-18-21-25-30-35-40-47(2)3/h47-49H,6-46H2,1-5H3/t49-/m0/s1. The summed E-state index contributed by atoms with van der Waals surface area (Å²) in [6, 6.07) is 0. The van der Waals surface area contributed by atoms with Crippen molar-refractivity contribution in [3.8, 4) is 0 Å². The van der Waals surface area contributed by atoms with Crippen LogP contribution in [0, 0.1) is 11.8 Å². The lowest BCUT2D eigenvalue weighted by atomic mass is 10.0. The maximum Gasteiger partial charge on any atom is 0.306 e. The highest BCUT2D eigenvalue weighted by Gasteiger charge is 2.19. The van der Waals surface area contributed by atoms with Crippen molar-refractivity contribution in [3.05, 3.63) is 0 Å². The minimum Gasteiger partial charge on any atom is -0.462 e. The first kappa shape index (κ1) is 56.4. The molecule has 58 heavy (non-hydrogen) atoms. The van der Waals surface area contributed by atoms with E-state index in [1.165, 1.54) is 173 Å². The summed E-state index contributed by atoms with van der Waals surface area (Å²) in [6.45, 7) is 11.3. The maximum atomic E-state index is 12.7. The lowest BCUT2D eigenvalue weighted by Crippen LogP contribution is -2.30.